The molecule has 0 aliphatic rings. The molecule has 0 saturated carbocycles. The van der Waals surface area contributed by atoms with Gasteiger partial charge < -0.3 is 45.4 Å². The van der Waals surface area contributed by atoms with Crippen molar-refractivity contribution < 1.29 is 28.2 Å². The first-order chi connectivity index (χ1) is 23.7. The van der Waals surface area contributed by atoms with E-state index in [-0.39, 0.29) is 0 Å². The summed E-state index contributed by atoms with van der Waals surface area (Å²) in [5.41, 5.74) is 22.6. The van der Waals surface area contributed by atoms with E-state index in [4.69, 9.17) is 45.4 Å². The smallest absolute Gasteiger partial charge is 0.490 e. The van der Waals surface area contributed by atoms with Gasteiger partial charge in [0, 0.05) is 35.3 Å². The molecule has 6 aromatic carbocycles. The van der Waals surface area contributed by atoms with E-state index in [9.17, 15) is 0 Å². The van der Waals surface area contributed by atoms with Gasteiger partial charge in [-0.3, -0.25) is 0 Å². The number of benzene rings is 6. The topological polar surface area (TPSA) is 133 Å². The van der Waals surface area contributed by atoms with Crippen molar-refractivity contribution in [3.8, 4) is 51.7 Å². The second kappa shape index (κ2) is 14.6. The summed E-state index contributed by atoms with van der Waals surface area (Å²) >= 11 is 0. The van der Waals surface area contributed by atoms with Gasteiger partial charge in [0.25, 0.3) is 0 Å². The second-order valence-electron chi connectivity index (χ2n) is 11.4. The van der Waals surface area contributed by atoms with Crippen molar-refractivity contribution in [2.75, 3.05) is 17.2 Å². The Labute approximate surface area is 285 Å². The Balaban J connectivity index is 1.18. The van der Waals surface area contributed by atoms with Gasteiger partial charge in [0.05, 0.1) is 0 Å². The number of ether oxygens (including phenoxy) is 3. The molecule has 9 nitrogen and oxygen atoms in total. The minimum Gasteiger partial charge on any atom is -0.490 e. The quantitative estimate of drug-likeness (QED) is 0.0873. The van der Waals surface area contributed by atoms with Crippen molar-refractivity contribution in [2.24, 2.45) is 0 Å². The molecule has 0 radical (unpaired) electrons. The van der Waals surface area contributed by atoms with Crippen molar-refractivity contribution in [3.63, 3.8) is 0 Å². The Morgan fingerprint density at radius 3 is 0.857 bits per heavy atom. The van der Waals surface area contributed by atoms with Gasteiger partial charge in [-0.05, 0) is 128 Å². The van der Waals surface area contributed by atoms with Gasteiger partial charge in [0.15, 0.2) is 0 Å². The third-order valence-electron chi connectivity index (χ3n) is 7.49. The molecule has 0 aromatic heterocycles. The Morgan fingerprint density at radius 1 is 0.347 bits per heavy atom. The predicted octanol–water partition coefficient (Wildman–Crippen LogP) is 9.26. The fraction of sp³-hybridized carbons (Fsp3) is 0.0769. The van der Waals surface area contributed by atoms with Crippen LogP contribution in [0.1, 0.15) is 16.7 Å². The molecule has 0 aliphatic carbocycles. The van der Waals surface area contributed by atoms with E-state index in [1.54, 1.807) is 91.0 Å². The van der Waals surface area contributed by atoms with Crippen LogP contribution in [-0.4, -0.2) is 7.32 Å². The minimum atomic E-state index is -1.16. The summed E-state index contributed by atoms with van der Waals surface area (Å²) in [5.74, 6) is 5.38. The van der Waals surface area contributed by atoms with Crippen LogP contribution in [0.3, 0.4) is 0 Å². The molecule has 49 heavy (non-hydrogen) atoms. The van der Waals surface area contributed by atoms with Crippen LogP contribution in [-0.2, 0) is 0 Å². The molecule has 0 unspecified atom stereocenters. The summed E-state index contributed by atoms with van der Waals surface area (Å²) in [4.78, 5) is 0. The number of hydrogen-bond donors (Lipinski definition) is 3. The first-order valence-corrected chi connectivity index (χ1v) is 15.6. The van der Waals surface area contributed by atoms with Crippen LogP contribution >= 0.6 is 0 Å². The Kier molecular flexibility index (Phi) is 9.66. The van der Waals surface area contributed by atoms with Crippen LogP contribution in [0.25, 0.3) is 0 Å². The SMILES string of the molecule is Cc1ccc(N)cc1Oc1ccc(OB(Oc2ccc(Oc3cc(N)ccc3C)cc2)Oc2ccc(Oc3cc(N)ccc3C)cc2)cc1. The highest BCUT2D eigenvalue weighted by Gasteiger charge is 2.30. The molecule has 0 heterocycles. The van der Waals surface area contributed by atoms with Gasteiger partial charge >= 0.3 is 7.32 Å². The van der Waals surface area contributed by atoms with E-state index >= 15 is 0 Å². The van der Waals surface area contributed by atoms with E-state index in [2.05, 4.69) is 0 Å². The van der Waals surface area contributed by atoms with Crippen molar-refractivity contribution in [2.45, 2.75) is 20.8 Å². The summed E-state index contributed by atoms with van der Waals surface area (Å²) in [6, 6.07) is 38.0. The van der Waals surface area contributed by atoms with Gasteiger partial charge in [-0.15, -0.1) is 0 Å². The van der Waals surface area contributed by atoms with Gasteiger partial charge in [-0.2, -0.15) is 0 Å². The number of nitrogen functional groups attached to an aromatic ring is 3. The molecule has 0 saturated heterocycles. The molecule has 0 spiro atoms. The first kappa shape index (κ1) is 32.5. The zero-order valence-corrected chi connectivity index (χ0v) is 27.4. The lowest BCUT2D eigenvalue weighted by molar-refractivity contribution is 0.306. The number of hydrogen-bond acceptors (Lipinski definition) is 9. The number of rotatable bonds is 12. The maximum absolute atomic E-state index is 6.17. The average Bonchev–Trinajstić information content (AvgIpc) is 3.09. The first-order valence-electron chi connectivity index (χ1n) is 15.6. The lowest BCUT2D eigenvalue weighted by Crippen LogP contribution is -2.36. The van der Waals surface area contributed by atoms with E-state index in [0.717, 1.165) is 16.7 Å². The van der Waals surface area contributed by atoms with E-state index in [0.29, 0.717) is 68.8 Å². The van der Waals surface area contributed by atoms with Crippen molar-refractivity contribution in [1.82, 2.24) is 0 Å². The Morgan fingerprint density at radius 2 is 0.592 bits per heavy atom. The predicted molar refractivity (Wildman–Crippen MR) is 194 cm³/mol. The number of aryl methyl sites for hydroxylation is 3. The minimum absolute atomic E-state index is 0.496. The van der Waals surface area contributed by atoms with Crippen LogP contribution in [0.15, 0.2) is 127 Å². The molecule has 0 amide bonds. The van der Waals surface area contributed by atoms with E-state index in [1.165, 1.54) is 0 Å². The summed E-state index contributed by atoms with van der Waals surface area (Å²) in [5, 5.41) is 0. The molecule has 6 N–H and O–H groups in total. The highest BCUT2D eigenvalue weighted by atomic mass is 16.7. The van der Waals surface area contributed by atoms with Gasteiger partial charge in [0.1, 0.15) is 51.7 Å². The van der Waals surface area contributed by atoms with E-state index < -0.39 is 7.32 Å². The molecule has 0 bridgehead atoms. The normalized spacial score (nSPS) is 10.6. The summed E-state index contributed by atoms with van der Waals surface area (Å²) in [7, 11) is -1.16. The molecular formula is C39H36BN3O6. The molecule has 246 valence electrons. The van der Waals surface area contributed by atoms with Crippen LogP contribution in [0, 0.1) is 20.8 Å². The van der Waals surface area contributed by atoms with Crippen molar-refractivity contribution in [1.29, 1.82) is 0 Å². The highest BCUT2D eigenvalue weighted by Crippen LogP contribution is 2.32. The lowest BCUT2D eigenvalue weighted by atomic mass is 10.1. The van der Waals surface area contributed by atoms with Gasteiger partial charge in [0.2, 0.25) is 0 Å². The van der Waals surface area contributed by atoms with Gasteiger partial charge in [-0.1, -0.05) is 18.2 Å². The molecule has 0 aliphatic heterocycles. The van der Waals surface area contributed by atoms with Crippen molar-refractivity contribution >= 4 is 24.4 Å². The number of nitrogens with two attached hydrogens (primary N) is 3. The monoisotopic (exact) mass is 653 g/mol. The molecule has 10 heteroatoms. The van der Waals surface area contributed by atoms with Crippen LogP contribution in [0.4, 0.5) is 17.1 Å². The summed E-state index contributed by atoms with van der Waals surface area (Å²) < 4.78 is 36.6. The standard InChI is InChI=1S/C39H36BN3O6/c1-25-4-7-28(41)22-37(25)44-31-10-16-34(17-11-31)47-40(48-35-18-12-32(13-19-35)45-38-23-29(42)8-5-26(38)2)49-36-20-14-33(15-21-36)46-39-24-30(43)9-6-27(39)3/h4-24H,41-43H2,1-3H3. The fourth-order valence-corrected chi connectivity index (χ4v) is 4.73. The van der Waals surface area contributed by atoms with E-state index in [1.807, 2.05) is 57.2 Å². The molecular weight excluding hydrogens is 617 g/mol. The Hall–Kier alpha value is -6.42. The average molecular weight is 654 g/mol. The zero-order chi connectivity index (χ0) is 34.3. The number of anilines is 3. The zero-order valence-electron chi connectivity index (χ0n) is 27.4. The van der Waals surface area contributed by atoms with Crippen LogP contribution in [0.5, 0.6) is 51.7 Å². The summed E-state index contributed by atoms with van der Waals surface area (Å²) in [6.45, 7) is 5.88. The Bertz CT molecular complexity index is 1800. The van der Waals surface area contributed by atoms with Gasteiger partial charge in [-0.25, -0.2) is 0 Å². The summed E-state index contributed by atoms with van der Waals surface area (Å²) in [6.07, 6.45) is 0. The highest BCUT2D eigenvalue weighted by molar-refractivity contribution is 6.39. The fourth-order valence-electron chi connectivity index (χ4n) is 4.73. The maximum Gasteiger partial charge on any atom is 0.864 e. The second-order valence-corrected chi connectivity index (χ2v) is 11.4. The van der Waals surface area contributed by atoms with Crippen LogP contribution in [0.2, 0.25) is 0 Å². The largest absolute Gasteiger partial charge is 0.864 e. The lowest BCUT2D eigenvalue weighted by Gasteiger charge is -2.18. The maximum atomic E-state index is 6.17. The molecule has 0 fully saturated rings. The molecule has 0 atom stereocenters. The molecule has 6 rings (SSSR count). The third-order valence-corrected chi connectivity index (χ3v) is 7.49. The third kappa shape index (κ3) is 8.69. The van der Waals surface area contributed by atoms with Crippen LogP contribution < -0.4 is 45.4 Å². The molecule has 6 aromatic rings. The van der Waals surface area contributed by atoms with Crippen molar-refractivity contribution in [3.05, 3.63) is 144 Å².